The van der Waals surface area contributed by atoms with Crippen molar-refractivity contribution in [2.75, 3.05) is 0 Å². The molecule has 18 heavy (non-hydrogen) atoms. The Kier molecular flexibility index (Phi) is 2.82. The molecule has 3 aromatic rings. The van der Waals surface area contributed by atoms with E-state index in [1.807, 2.05) is 5.38 Å². The molecule has 0 unspecified atom stereocenters. The zero-order valence-electron chi connectivity index (χ0n) is 9.25. The molecule has 2 heterocycles. The SMILES string of the molecule is Fc1ccc(-c2csc(-c3cnccn3)n2)cc1. The van der Waals surface area contributed by atoms with Crippen LogP contribution in [0.5, 0.6) is 0 Å². The zero-order valence-corrected chi connectivity index (χ0v) is 10.1. The van der Waals surface area contributed by atoms with Crippen LogP contribution in [-0.2, 0) is 0 Å². The Morgan fingerprint density at radius 1 is 1.00 bits per heavy atom. The molecule has 0 N–H and O–H groups in total. The van der Waals surface area contributed by atoms with Crippen molar-refractivity contribution in [2.24, 2.45) is 0 Å². The summed E-state index contributed by atoms with van der Waals surface area (Å²) in [5.74, 6) is -0.247. The van der Waals surface area contributed by atoms with Crippen LogP contribution in [0.3, 0.4) is 0 Å². The maximum atomic E-state index is 12.8. The predicted octanol–water partition coefficient (Wildman–Crippen LogP) is 3.41. The molecule has 2 aromatic heterocycles. The molecule has 0 saturated heterocycles. The fourth-order valence-electron chi connectivity index (χ4n) is 1.55. The maximum Gasteiger partial charge on any atom is 0.144 e. The number of nitrogens with zero attached hydrogens (tertiary/aromatic N) is 3. The highest BCUT2D eigenvalue weighted by Crippen LogP contribution is 2.27. The number of thiazole rings is 1. The highest BCUT2D eigenvalue weighted by atomic mass is 32.1. The summed E-state index contributed by atoms with van der Waals surface area (Å²) in [5.41, 5.74) is 2.46. The van der Waals surface area contributed by atoms with Crippen LogP contribution in [0, 0.1) is 5.82 Å². The number of aromatic nitrogens is 3. The molecule has 5 heteroatoms. The summed E-state index contributed by atoms with van der Waals surface area (Å²) in [6, 6.07) is 6.28. The van der Waals surface area contributed by atoms with Gasteiger partial charge >= 0.3 is 0 Å². The number of hydrogen-bond acceptors (Lipinski definition) is 4. The third-order valence-electron chi connectivity index (χ3n) is 2.43. The monoisotopic (exact) mass is 257 g/mol. The van der Waals surface area contributed by atoms with Crippen LogP contribution in [0.2, 0.25) is 0 Å². The highest BCUT2D eigenvalue weighted by molar-refractivity contribution is 7.13. The third kappa shape index (κ3) is 2.12. The molecule has 0 aliphatic heterocycles. The van der Waals surface area contributed by atoms with E-state index in [4.69, 9.17) is 0 Å². The summed E-state index contributed by atoms with van der Waals surface area (Å²) in [6.07, 6.45) is 4.93. The minimum absolute atomic E-state index is 0.247. The second kappa shape index (κ2) is 4.62. The van der Waals surface area contributed by atoms with Gasteiger partial charge in [-0.25, -0.2) is 9.37 Å². The molecule has 88 valence electrons. The van der Waals surface area contributed by atoms with Crippen molar-refractivity contribution in [3.8, 4) is 22.0 Å². The molecule has 0 bridgehead atoms. The van der Waals surface area contributed by atoms with Gasteiger partial charge in [-0.1, -0.05) is 0 Å². The average molecular weight is 257 g/mol. The van der Waals surface area contributed by atoms with Crippen LogP contribution >= 0.6 is 11.3 Å². The lowest BCUT2D eigenvalue weighted by molar-refractivity contribution is 0.628. The molecule has 1 aromatic carbocycles. The van der Waals surface area contributed by atoms with Gasteiger partial charge in [-0.05, 0) is 24.3 Å². The van der Waals surface area contributed by atoms with E-state index in [9.17, 15) is 4.39 Å². The van der Waals surface area contributed by atoms with Gasteiger partial charge in [0.15, 0.2) is 0 Å². The summed E-state index contributed by atoms with van der Waals surface area (Å²) in [4.78, 5) is 12.7. The Bertz CT molecular complexity index is 650. The molecular weight excluding hydrogens is 249 g/mol. The van der Waals surface area contributed by atoms with E-state index in [1.165, 1.54) is 23.5 Å². The lowest BCUT2D eigenvalue weighted by Crippen LogP contribution is -1.84. The van der Waals surface area contributed by atoms with E-state index < -0.39 is 0 Å². The minimum Gasteiger partial charge on any atom is -0.261 e. The first kappa shape index (κ1) is 11.0. The van der Waals surface area contributed by atoms with Crippen LogP contribution in [0.4, 0.5) is 4.39 Å². The molecule has 0 aliphatic carbocycles. The van der Waals surface area contributed by atoms with Gasteiger partial charge in [-0.3, -0.25) is 9.97 Å². The molecule has 0 radical (unpaired) electrons. The van der Waals surface area contributed by atoms with Crippen molar-refractivity contribution in [1.82, 2.24) is 15.0 Å². The molecule has 0 spiro atoms. The number of halogens is 1. The van der Waals surface area contributed by atoms with Crippen molar-refractivity contribution < 1.29 is 4.39 Å². The quantitative estimate of drug-likeness (QED) is 0.706. The second-order valence-electron chi connectivity index (χ2n) is 3.64. The molecular formula is C13H8FN3S. The summed E-state index contributed by atoms with van der Waals surface area (Å²) in [7, 11) is 0. The molecule has 0 saturated carbocycles. The van der Waals surface area contributed by atoms with Gasteiger partial charge in [0.25, 0.3) is 0 Å². The average Bonchev–Trinajstić information content (AvgIpc) is 2.90. The molecule has 0 atom stereocenters. The summed E-state index contributed by atoms with van der Waals surface area (Å²) in [6.45, 7) is 0. The fraction of sp³-hybridized carbons (Fsp3) is 0. The topological polar surface area (TPSA) is 38.7 Å². The van der Waals surface area contributed by atoms with Crippen molar-refractivity contribution in [3.05, 3.63) is 54.1 Å². The third-order valence-corrected chi connectivity index (χ3v) is 3.29. The largest absolute Gasteiger partial charge is 0.261 e. The van der Waals surface area contributed by atoms with Gasteiger partial charge in [0.1, 0.15) is 16.5 Å². The van der Waals surface area contributed by atoms with Gasteiger partial charge in [0.05, 0.1) is 11.9 Å². The zero-order chi connectivity index (χ0) is 12.4. The normalized spacial score (nSPS) is 10.5. The fourth-order valence-corrected chi connectivity index (χ4v) is 2.34. The molecule has 0 fully saturated rings. The van der Waals surface area contributed by atoms with E-state index in [1.54, 1.807) is 30.7 Å². The first-order valence-electron chi connectivity index (χ1n) is 5.31. The Labute approximate surface area is 107 Å². The van der Waals surface area contributed by atoms with Crippen molar-refractivity contribution in [3.63, 3.8) is 0 Å². The van der Waals surface area contributed by atoms with E-state index >= 15 is 0 Å². The van der Waals surface area contributed by atoms with Gasteiger partial charge in [0, 0.05) is 23.3 Å². The second-order valence-corrected chi connectivity index (χ2v) is 4.49. The predicted molar refractivity (Wildman–Crippen MR) is 68.5 cm³/mol. The lowest BCUT2D eigenvalue weighted by atomic mass is 10.2. The first-order valence-corrected chi connectivity index (χ1v) is 6.19. The number of rotatable bonds is 2. The first-order chi connectivity index (χ1) is 8.83. The molecule has 0 amide bonds. The van der Waals surface area contributed by atoms with Crippen LogP contribution < -0.4 is 0 Å². The Hall–Kier alpha value is -2.14. The van der Waals surface area contributed by atoms with Gasteiger partial charge in [-0.2, -0.15) is 0 Å². The van der Waals surface area contributed by atoms with E-state index in [0.29, 0.717) is 0 Å². The highest BCUT2D eigenvalue weighted by Gasteiger charge is 2.07. The molecule has 3 rings (SSSR count). The summed E-state index contributed by atoms with van der Waals surface area (Å²) < 4.78 is 12.8. The lowest BCUT2D eigenvalue weighted by Gasteiger charge is -1.96. The Balaban J connectivity index is 1.97. The van der Waals surface area contributed by atoms with Crippen LogP contribution in [-0.4, -0.2) is 15.0 Å². The van der Waals surface area contributed by atoms with Crippen molar-refractivity contribution in [1.29, 1.82) is 0 Å². The number of benzene rings is 1. The Morgan fingerprint density at radius 3 is 2.56 bits per heavy atom. The van der Waals surface area contributed by atoms with Crippen molar-refractivity contribution >= 4 is 11.3 Å². The van der Waals surface area contributed by atoms with Crippen LogP contribution in [0.25, 0.3) is 22.0 Å². The maximum absolute atomic E-state index is 12.8. The van der Waals surface area contributed by atoms with E-state index in [0.717, 1.165) is 22.0 Å². The Morgan fingerprint density at radius 2 is 1.83 bits per heavy atom. The smallest absolute Gasteiger partial charge is 0.144 e. The summed E-state index contributed by atoms with van der Waals surface area (Å²) in [5, 5.41) is 2.74. The van der Waals surface area contributed by atoms with Crippen LogP contribution in [0.1, 0.15) is 0 Å². The van der Waals surface area contributed by atoms with E-state index in [-0.39, 0.29) is 5.82 Å². The molecule has 3 nitrogen and oxygen atoms in total. The summed E-state index contributed by atoms with van der Waals surface area (Å²) >= 11 is 1.49. The van der Waals surface area contributed by atoms with Crippen LogP contribution in [0.15, 0.2) is 48.2 Å². The van der Waals surface area contributed by atoms with Gasteiger partial charge < -0.3 is 0 Å². The minimum atomic E-state index is -0.247. The number of hydrogen-bond donors (Lipinski definition) is 0. The molecule has 0 aliphatic rings. The van der Waals surface area contributed by atoms with Crippen molar-refractivity contribution in [2.45, 2.75) is 0 Å². The standard InChI is InChI=1S/C13H8FN3S/c14-10-3-1-9(2-4-10)12-8-18-13(17-12)11-7-15-5-6-16-11/h1-8H. The van der Waals surface area contributed by atoms with E-state index in [2.05, 4.69) is 15.0 Å². The van der Waals surface area contributed by atoms with Gasteiger partial charge in [0.2, 0.25) is 0 Å². The van der Waals surface area contributed by atoms with Gasteiger partial charge in [-0.15, -0.1) is 11.3 Å².